The molecule has 0 bridgehead atoms. The minimum atomic E-state index is -0.507. The Kier molecular flexibility index (Phi) is 5.05. The standard InChI is InChI=1S/C23H26N4O3/c1-14(28)27-9-8-18-17(13-27)12-24-22-20(18)21(25-26-22)16-7-5-6-15(10-16)11-19(29)30-23(2,3)4/h5-7,10,12H,8-9,11,13H2,1-4H3,(H,24,25,26). The lowest BCUT2D eigenvalue weighted by Crippen LogP contribution is -2.34. The molecule has 7 nitrogen and oxygen atoms in total. The third kappa shape index (κ3) is 4.06. The monoisotopic (exact) mass is 406 g/mol. The molecule has 0 unspecified atom stereocenters. The van der Waals surface area contributed by atoms with Crippen LogP contribution in [0.2, 0.25) is 0 Å². The Balaban J connectivity index is 1.68. The Morgan fingerprint density at radius 3 is 2.80 bits per heavy atom. The number of ether oxygens (including phenoxy) is 1. The number of nitrogens with one attached hydrogen (secondary N) is 1. The lowest BCUT2D eigenvalue weighted by Gasteiger charge is -2.28. The molecule has 1 aliphatic rings. The van der Waals surface area contributed by atoms with Gasteiger partial charge in [-0.3, -0.25) is 14.7 Å². The first-order valence-corrected chi connectivity index (χ1v) is 10.1. The Labute approximate surface area is 175 Å². The summed E-state index contributed by atoms with van der Waals surface area (Å²) >= 11 is 0. The zero-order chi connectivity index (χ0) is 21.5. The summed E-state index contributed by atoms with van der Waals surface area (Å²) in [6.45, 7) is 8.43. The molecule has 4 rings (SSSR count). The minimum absolute atomic E-state index is 0.0722. The van der Waals surface area contributed by atoms with Gasteiger partial charge in [0.25, 0.3) is 0 Å². The van der Waals surface area contributed by atoms with E-state index in [4.69, 9.17) is 4.74 Å². The third-order valence-electron chi connectivity index (χ3n) is 5.20. The van der Waals surface area contributed by atoms with Crippen molar-refractivity contribution in [3.05, 3.63) is 47.2 Å². The summed E-state index contributed by atoms with van der Waals surface area (Å²) in [5, 5.41) is 8.50. The summed E-state index contributed by atoms with van der Waals surface area (Å²) in [6.07, 6.45) is 2.79. The van der Waals surface area contributed by atoms with E-state index in [1.165, 1.54) is 5.56 Å². The van der Waals surface area contributed by atoms with E-state index in [1.54, 1.807) is 6.92 Å². The van der Waals surface area contributed by atoms with Crippen LogP contribution in [-0.2, 0) is 33.7 Å². The molecular formula is C23H26N4O3. The van der Waals surface area contributed by atoms with Gasteiger partial charge in [-0.25, -0.2) is 4.98 Å². The van der Waals surface area contributed by atoms with Crippen LogP contribution >= 0.6 is 0 Å². The first-order chi connectivity index (χ1) is 14.2. The highest BCUT2D eigenvalue weighted by Gasteiger charge is 2.24. The average Bonchev–Trinajstić information content (AvgIpc) is 3.10. The topological polar surface area (TPSA) is 88.2 Å². The maximum Gasteiger partial charge on any atom is 0.310 e. The van der Waals surface area contributed by atoms with Gasteiger partial charge in [-0.2, -0.15) is 5.10 Å². The van der Waals surface area contributed by atoms with Crippen molar-refractivity contribution in [1.29, 1.82) is 0 Å². The molecule has 0 atom stereocenters. The molecule has 7 heteroatoms. The number of nitrogens with zero attached hydrogens (tertiary/aromatic N) is 3. The van der Waals surface area contributed by atoms with E-state index in [1.807, 2.05) is 56.1 Å². The van der Waals surface area contributed by atoms with Gasteiger partial charge in [-0.05, 0) is 49.9 Å². The first-order valence-electron chi connectivity index (χ1n) is 10.1. The number of hydrogen-bond donors (Lipinski definition) is 1. The number of aromatic nitrogens is 3. The van der Waals surface area contributed by atoms with Gasteiger partial charge in [0.15, 0.2) is 5.65 Å². The van der Waals surface area contributed by atoms with E-state index in [2.05, 4.69) is 15.2 Å². The molecule has 0 spiro atoms. The van der Waals surface area contributed by atoms with E-state index in [0.717, 1.165) is 34.2 Å². The van der Waals surface area contributed by atoms with Gasteiger partial charge >= 0.3 is 5.97 Å². The lowest BCUT2D eigenvalue weighted by atomic mass is 9.95. The molecule has 0 saturated heterocycles. The van der Waals surface area contributed by atoms with Crippen molar-refractivity contribution in [2.24, 2.45) is 0 Å². The summed E-state index contributed by atoms with van der Waals surface area (Å²) in [4.78, 5) is 30.3. The van der Waals surface area contributed by atoms with E-state index in [0.29, 0.717) is 18.7 Å². The number of H-pyrrole nitrogens is 1. The lowest BCUT2D eigenvalue weighted by molar-refractivity contribution is -0.153. The van der Waals surface area contributed by atoms with E-state index in [9.17, 15) is 9.59 Å². The third-order valence-corrected chi connectivity index (χ3v) is 5.20. The molecule has 1 amide bonds. The Hall–Kier alpha value is -3.22. The maximum absolute atomic E-state index is 12.2. The van der Waals surface area contributed by atoms with Gasteiger partial charge in [0.05, 0.1) is 17.5 Å². The van der Waals surface area contributed by atoms with Crippen LogP contribution < -0.4 is 0 Å². The maximum atomic E-state index is 12.2. The normalized spacial score (nSPS) is 13.9. The summed E-state index contributed by atoms with van der Waals surface area (Å²) < 4.78 is 5.44. The molecule has 1 aliphatic heterocycles. The van der Waals surface area contributed by atoms with Crippen molar-refractivity contribution in [2.45, 2.75) is 52.7 Å². The van der Waals surface area contributed by atoms with E-state index >= 15 is 0 Å². The second kappa shape index (κ2) is 7.55. The zero-order valence-electron chi connectivity index (χ0n) is 17.8. The molecule has 2 aromatic heterocycles. The molecule has 0 aliphatic carbocycles. The molecule has 0 radical (unpaired) electrons. The van der Waals surface area contributed by atoms with Crippen molar-refractivity contribution in [3.8, 4) is 11.3 Å². The molecule has 0 fully saturated rings. The summed E-state index contributed by atoms with van der Waals surface area (Å²) in [7, 11) is 0. The molecule has 3 aromatic rings. The highest BCUT2D eigenvalue weighted by molar-refractivity contribution is 5.94. The zero-order valence-corrected chi connectivity index (χ0v) is 17.8. The van der Waals surface area contributed by atoms with E-state index in [-0.39, 0.29) is 18.3 Å². The molecule has 1 N–H and O–H groups in total. The number of benzene rings is 1. The second-order valence-corrected chi connectivity index (χ2v) is 8.71. The molecule has 0 saturated carbocycles. The van der Waals surface area contributed by atoms with Crippen molar-refractivity contribution >= 4 is 22.9 Å². The molecule has 3 heterocycles. The fraction of sp³-hybridized carbons (Fsp3) is 0.391. The number of hydrogen-bond acceptors (Lipinski definition) is 5. The van der Waals surface area contributed by atoms with Crippen LogP contribution in [0.5, 0.6) is 0 Å². The Bertz CT molecular complexity index is 1130. The van der Waals surface area contributed by atoms with Gasteiger partial charge < -0.3 is 9.64 Å². The van der Waals surface area contributed by atoms with Gasteiger partial charge in [0, 0.05) is 31.8 Å². The molecule has 156 valence electrons. The number of rotatable bonds is 3. The van der Waals surface area contributed by atoms with Crippen LogP contribution in [0.1, 0.15) is 44.4 Å². The number of carbonyl (C=O) groups excluding carboxylic acids is 2. The highest BCUT2D eigenvalue weighted by atomic mass is 16.6. The molecular weight excluding hydrogens is 380 g/mol. The number of esters is 1. The van der Waals surface area contributed by atoms with Gasteiger partial charge in [-0.15, -0.1) is 0 Å². The van der Waals surface area contributed by atoms with Crippen LogP contribution in [0, 0.1) is 0 Å². The largest absolute Gasteiger partial charge is 0.460 e. The molecule has 1 aromatic carbocycles. The predicted octanol–water partition coefficient (Wildman–Crippen LogP) is 3.41. The number of aromatic amines is 1. The predicted molar refractivity (Wildman–Crippen MR) is 114 cm³/mol. The van der Waals surface area contributed by atoms with Crippen LogP contribution in [0.25, 0.3) is 22.3 Å². The number of pyridine rings is 1. The quantitative estimate of drug-likeness (QED) is 0.674. The molecule has 30 heavy (non-hydrogen) atoms. The summed E-state index contributed by atoms with van der Waals surface area (Å²) in [5.74, 6) is -0.180. The first kappa shape index (κ1) is 20.1. The van der Waals surface area contributed by atoms with Gasteiger partial charge in [0.1, 0.15) is 5.60 Å². The van der Waals surface area contributed by atoms with Gasteiger partial charge in [-0.1, -0.05) is 18.2 Å². The summed E-state index contributed by atoms with van der Waals surface area (Å²) in [5.41, 5.74) is 5.10. The van der Waals surface area contributed by atoms with Gasteiger partial charge in [0.2, 0.25) is 5.91 Å². The average molecular weight is 406 g/mol. The smallest absolute Gasteiger partial charge is 0.310 e. The Morgan fingerprint density at radius 2 is 2.07 bits per heavy atom. The SMILES string of the molecule is CC(=O)N1CCc2c(cnc3n[nH]c(-c4cccc(CC(=O)OC(C)(C)C)c4)c23)C1. The fourth-order valence-electron chi connectivity index (χ4n) is 3.90. The highest BCUT2D eigenvalue weighted by Crippen LogP contribution is 2.33. The van der Waals surface area contributed by atoms with Crippen molar-refractivity contribution in [1.82, 2.24) is 20.1 Å². The van der Waals surface area contributed by atoms with Crippen molar-refractivity contribution in [3.63, 3.8) is 0 Å². The van der Waals surface area contributed by atoms with Crippen LogP contribution in [0.3, 0.4) is 0 Å². The number of carbonyl (C=O) groups is 2. The number of fused-ring (bicyclic) bond motifs is 3. The number of amides is 1. The van der Waals surface area contributed by atoms with Crippen molar-refractivity contribution < 1.29 is 14.3 Å². The van der Waals surface area contributed by atoms with E-state index < -0.39 is 5.60 Å². The fourth-order valence-corrected chi connectivity index (χ4v) is 3.90. The van der Waals surface area contributed by atoms with Crippen LogP contribution in [0.4, 0.5) is 0 Å². The van der Waals surface area contributed by atoms with Crippen LogP contribution in [0.15, 0.2) is 30.5 Å². The Morgan fingerprint density at radius 1 is 1.27 bits per heavy atom. The summed E-state index contributed by atoms with van der Waals surface area (Å²) in [6, 6.07) is 7.84. The minimum Gasteiger partial charge on any atom is -0.460 e. The van der Waals surface area contributed by atoms with Crippen LogP contribution in [-0.4, -0.2) is 44.1 Å². The second-order valence-electron chi connectivity index (χ2n) is 8.71. The van der Waals surface area contributed by atoms with Crippen molar-refractivity contribution in [2.75, 3.05) is 6.54 Å².